The monoisotopic (exact) mass is 269 g/mol. The molecule has 0 unspecified atom stereocenters. The van der Waals surface area contributed by atoms with Gasteiger partial charge in [0.1, 0.15) is 5.75 Å². The van der Waals surface area contributed by atoms with Crippen LogP contribution < -0.4 is 10.1 Å². The topological polar surface area (TPSA) is 38.3 Å². The third kappa shape index (κ3) is 3.85. The first kappa shape index (κ1) is 14.1. The van der Waals surface area contributed by atoms with Gasteiger partial charge in [0.05, 0.1) is 7.11 Å². The summed E-state index contributed by atoms with van der Waals surface area (Å²) in [7, 11) is 1.61. The van der Waals surface area contributed by atoms with E-state index in [1.54, 1.807) is 31.4 Å². The van der Waals surface area contributed by atoms with Crippen LogP contribution in [-0.4, -0.2) is 19.1 Å². The lowest BCUT2D eigenvalue weighted by molar-refractivity contribution is 0.0940. The number of carbonyl (C=O) groups excluding carboxylic acids is 1. The molecule has 0 aliphatic rings. The van der Waals surface area contributed by atoms with E-state index in [1.165, 1.54) is 5.56 Å². The highest BCUT2D eigenvalue weighted by molar-refractivity contribution is 5.94. The highest BCUT2D eigenvalue weighted by Crippen LogP contribution is 2.11. The number of nitrogens with one attached hydrogen (secondary N) is 1. The zero-order valence-electron chi connectivity index (χ0n) is 11.8. The Balaban J connectivity index is 1.93. The van der Waals surface area contributed by atoms with Crippen LogP contribution in [0.4, 0.5) is 0 Å². The summed E-state index contributed by atoms with van der Waals surface area (Å²) in [5, 5.41) is 3.00. The lowest BCUT2D eigenvalue weighted by Crippen LogP contribution is -2.34. The van der Waals surface area contributed by atoms with E-state index < -0.39 is 0 Å². The average Bonchev–Trinajstić information content (AvgIpc) is 2.48. The molecule has 0 saturated heterocycles. The maximum absolute atomic E-state index is 12.1. The van der Waals surface area contributed by atoms with Gasteiger partial charge in [0, 0.05) is 11.6 Å². The van der Waals surface area contributed by atoms with Crippen LogP contribution in [0.25, 0.3) is 0 Å². The molecular weight excluding hydrogens is 250 g/mol. The van der Waals surface area contributed by atoms with Gasteiger partial charge >= 0.3 is 0 Å². The molecule has 1 N–H and O–H groups in total. The molecule has 0 saturated carbocycles. The zero-order chi connectivity index (χ0) is 14.4. The Morgan fingerprint density at radius 1 is 1.10 bits per heavy atom. The Bertz CT molecular complexity index is 549. The van der Waals surface area contributed by atoms with E-state index in [4.69, 9.17) is 4.74 Å². The maximum atomic E-state index is 12.1. The van der Waals surface area contributed by atoms with Gasteiger partial charge in [-0.1, -0.05) is 30.3 Å². The quantitative estimate of drug-likeness (QED) is 0.906. The summed E-state index contributed by atoms with van der Waals surface area (Å²) in [5.41, 5.74) is 1.86. The van der Waals surface area contributed by atoms with Crippen LogP contribution in [-0.2, 0) is 6.42 Å². The van der Waals surface area contributed by atoms with Gasteiger partial charge in [-0.15, -0.1) is 0 Å². The molecule has 0 spiro atoms. The molecule has 2 aromatic carbocycles. The van der Waals surface area contributed by atoms with Crippen molar-refractivity contribution in [3.8, 4) is 5.75 Å². The van der Waals surface area contributed by atoms with Crippen LogP contribution in [0.1, 0.15) is 22.8 Å². The van der Waals surface area contributed by atoms with Gasteiger partial charge in [-0.25, -0.2) is 0 Å². The van der Waals surface area contributed by atoms with Crippen molar-refractivity contribution in [2.75, 3.05) is 7.11 Å². The summed E-state index contributed by atoms with van der Waals surface area (Å²) in [5.74, 6) is 0.690. The van der Waals surface area contributed by atoms with Crippen LogP contribution in [0.2, 0.25) is 0 Å². The molecule has 0 aliphatic heterocycles. The van der Waals surface area contributed by atoms with Crippen LogP contribution in [0, 0.1) is 0 Å². The Kier molecular flexibility index (Phi) is 4.77. The second-order valence-corrected chi connectivity index (χ2v) is 4.79. The largest absolute Gasteiger partial charge is 0.497 e. The number of ether oxygens (including phenoxy) is 1. The van der Waals surface area contributed by atoms with E-state index in [0.29, 0.717) is 5.56 Å². The first-order valence-corrected chi connectivity index (χ1v) is 6.68. The lowest BCUT2D eigenvalue weighted by Gasteiger charge is -2.14. The minimum Gasteiger partial charge on any atom is -0.497 e. The normalized spacial score (nSPS) is 11.7. The van der Waals surface area contributed by atoms with Gasteiger partial charge in [-0.2, -0.15) is 0 Å². The van der Waals surface area contributed by atoms with Crippen molar-refractivity contribution in [2.45, 2.75) is 19.4 Å². The molecule has 3 heteroatoms. The molecule has 0 aliphatic carbocycles. The SMILES string of the molecule is COc1ccc(C(=O)N[C@@H](C)Cc2ccccc2)cc1. The number of benzene rings is 2. The Morgan fingerprint density at radius 3 is 2.35 bits per heavy atom. The molecule has 104 valence electrons. The molecule has 0 heterocycles. The van der Waals surface area contributed by atoms with E-state index in [9.17, 15) is 4.79 Å². The van der Waals surface area contributed by atoms with Crippen molar-refractivity contribution >= 4 is 5.91 Å². The number of rotatable bonds is 5. The Labute approximate surface area is 119 Å². The predicted octanol–water partition coefficient (Wildman–Crippen LogP) is 3.06. The fourth-order valence-corrected chi connectivity index (χ4v) is 2.07. The summed E-state index contributed by atoms with van der Waals surface area (Å²) in [6, 6.07) is 17.3. The third-order valence-corrected chi connectivity index (χ3v) is 3.11. The summed E-state index contributed by atoms with van der Waals surface area (Å²) in [4.78, 5) is 12.1. The number of carbonyl (C=O) groups is 1. The average molecular weight is 269 g/mol. The third-order valence-electron chi connectivity index (χ3n) is 3.11. The van der Waals surface area contributed by atoms with Gasteiger partial charge in [-0.3, -0.25) is 4.79 Å². The summed E-state index contributed by atoms with van der Waals surface area (Å²) >= 11 is 0. The van der Waals surface area contributed by atoms with Gasteiger partial charge in [0.15, 0.2) is 0 Å². The molecule has 20 heavy (non-hydrogen) atoms. The first-order chi connectivity index (χ1) is 9.69. The Morgan fingerprint density at radius 2 is 1.75 bits per heavy atom. The van der Waals surface area contributed by atoms with Crippen LogP contribution in [0.5, 0.6) is 5.75 Å². The van der Waals surface area contributed by atoms with Gasteiger partial charge in [-0.05, 0) is 43.2 Å². The molecule has 1 amide bonds. The number of methoxy groups -OCH3 is 1. The van der Waals surface area contributed by atoms with Crippen LogP contribution in [0.3, 0.4) is 0 Å². The second-order valence-electron chi connectivity index (χ2n) is 4.79. The summed E-state index contributed by atoms with van der Waals surface area (Å²) in [6.07, 6.45) is 0.822. The first-order valence-electron chi connectivity index (χ1n) is 6.68. The Hall–Kier alpha value is -2.29. The molecular formula is C17H19NO2. The molecule has 0 fully saturated rings. The van der Waals surface area contributed by atoms with Crippen LogP contribution >= 0.6 is 0 Å². The van der Waals surface area contributed by atoms with E-state index in [-0.39, 0.29) is 11.9 Å². The number of hydrogen-bond donors (Lipinski definition) is 1. The maximum Gasteiger partial charge on any atom is 0.251 e. The van der Waals surface area contributed by atoms with Crippen molar-refractivity contribution in [1.29, 1.82) is 0 Å². The van der Waals surface area contributed by atoms with Crippen LogP contribution in [0.15, 0.2) is 54.6 Å². The lowest BCUT2D eigenvalue weighted by atomic mass is 10.1. The second kappa shape index (κ2) is 6.75. The minimum atomic E-state index is -0.0592. The van der Waals surface area contributed by atoms with E-state index in [0.717, 1.165) is 12.2 Å². The number of amides is 1. The van der Waals surface area contributed by atoms with E-state index in [1.807, 2.05) is 25.1 Å². The molecule has 2 rings (SSSR count). The molecule has 0 bridgehead atoms. The standard InChI is InChI=1S/C17H19NO2/c1-13(12-14-6-4-3-5-7-14)18-17(19)15-8-10-16(20-2)11-9-15/h3-11,13H,12H2,1-2H3,(H,18,19)/t13-/m0/s1. The van der Waals surface area contributed by atoms with E-state index in [2.05, 4.69) is 17.4 Å². The molecule has 0 aromatic heterocycles. The van der Waals surface area contributed by atoms with Crippen molar-refractivity contribution in [1.82, 2.24) is 5.32 Å². The highest BCUT2D eigenvalue weighted by atomic mass is 16.5. The van der Waals surface area contributed by atoms with Crippen molar-refractivity contribution < 1.29 is 9.53 Å². The fourth-order valence-electron chi connectivity index (χ4n) is 2.07. The molecule has 1 atom stereocenters. The van der Waals surface area contributed by atoms with Crippen molar-refractivity contribution in [3.05, 3.63) is 65.7 Å². The molecule has 2 aromatic rings. The van der Waals surface area contributed by atoms with Crippen molar-refractivity contribution in [3.63, 3.8) is 0 Å². The minimum absolute atomic E-state index is 0.0592. The van der Waals surface area contributed by atoms with Gasteiger partial charge in [0.2, 0.25) is 0 Å². The summed E-state index contributed by atoms with van der Waals surface area (Å²) in [6.45, 7) is 2.01. The van der Waals surface area contributed by atoms with Gasteiger partial charge in [0.25, 0.3) is 5.91 Å². The molecule has 0 radical (unpaired) electrons. The molecule has 3 nitrogen and oxygen atoms in total. The smallest absolute Gasteiger partial charge is 0.251 e. The fraction of sp³-hybridized carbons (Fsp3) is 0.235. The zero-order valence-corrected chi connectivity index (χ0v) is 11.8. The number of hydrogen-bond acceptors (Lipinski definition) is 2. The highest BCUT2D eigenvalue weighted by Gasteiger charge is 2.10. The van der Waals surface area contributed by atoms with Gasteiger partial charge < -0.3 is 10.1 Å². The predicted molar refractivity (Wildman–Crippen MR) is 80.1 cm³/mol. The summed E-state index contributed by atoms with van der Waals surface area (Å²) < 4.78 is 5.08. The van der Waals surface area contributed by atoms with E-state index >= 15 is 0 Å². The van der Waals surface area contributed by atoms with Crippen molar-refractivity contribution in [2.24, 2.45) is 0 Å².